The minimum atomic E-state index is -0.723. The minimum absolute atomic E-state index is 0.0498. The van der Waals surface area contributed by atoms with Crippen LogP contribution in [-0.2, 0) is 4.79 Å². The maximum Gasteiger partial charge on any atom is 0.320 e. The SMILES string of the molecule is O=C(Nc1ccc(Cl)cc1)N[C@@H](C(=O)N1CCC(C2CCNCC2)CC1)c1ccccc1. The number of hydrogen-bond acceptors (Lipinski definition) is 3. The Labute approximate surface area is 194 Å². The van der Waals surface area contributed by atoms with Crippen molar-refractivity contribution >= 4 is 29.2 Å². The van der Waals surface area contributed by atoms with Gasteiger partial charge in [0.15, 0.2) is 0 Å². The number of nitrogens with zero attached hydrogens (tertiary/aromatic N) is 1. The molecule has 0 saturated carbocycles. The molecule has 2 fully saturated rings. The zero-order chi connectivity index (χ0) is 22.3. The van der Waals surface area contributed by atoms with Crippen molar-refractivity contribution in [2.24, 2.45) is 11.8 Å². The Balaban J connectivity index is 1.40. The van der Waals surface area contributed by atoms with Crippen LogP contribution in [0, 0.1) is 11.8 Å². The summed E-state index contributed by atoms with van der Waals surface area (Å²) in [5.41, 5.74) is 1.40. The first kappa shape index (κ1) is 22.6. The van der Waals surface area contributed by atoms with Gasteiger partial charge in [-0.05, 0) is 80.4 Å². The van der Waals surface area contributed by atoms with E-state index in [1.165, 1.54) is 12.8 Å². The third-order valence-corrected chi connectivity index (χ3v) is 6.91. The molecule has 2 aliphatic heterocycles. The van der Waals surface area contributed by atoms with Gasteiger partial charge in [-0.2, -0.15) is 0 Å². The minimum Gasteiger partial charge on any atom is -0.341 e. The van der Waals surface area contributed by atoms with E-state index in [0.717, 1.165) is 50.5 Å². The molecule has 7 heteroatoms. The zero-order valence-corrected chi connectivity index (χ0v) is 19.0. The van der Waals surface area contributed by atoms with Gasteiger partial charge in [-0.15, -0.1) is 0 Å². The number of hydrogen-bond donors (Lipinski definition) is 3. The van der Waals surface area contributed by atoms with Crippen molar-refractivity contribution in [3.05, 3.63) is 65.2 Å². The van der Waals surface area contributed by atoms with Gasteiger partial charge in [-0.25, -0.2) is 4.79 Å². The molecule has 0 spiro atoms. The highest BCUT2D eigenvalue weighted by molar-refractivity contribution is 6.30. The maximum atomic E-state index is 13.5. The number of anilines is 1. The summed E-state index contributed by atoms with van der Waals surface area (Å²) >= 11 is 5.92. The maximum absolute atomic E-state index is 13.5. The van der Waals surface area contributed by atoms with Crippen LogP contribution in [0.3, 0.4) is 0 Å². The van der Waals surface area contributed by atoms with E-state index in [9.17, 15) is 9.59 Å². The number of amides is 3. The first-order valence-electron chi connectivity index (χ1n) is 11.5. The van der Waals surface area contributed by atoms with Crippen LogP contribution in [0.4, 0.5) is 10.5 Å². The second-order valence-electron chi connectivity index (χ2n) is 8.70. The van der Waals surface area contributed by atoms with E-state index in [1.54, 1.807) is 24.3 Å². The van der Waals surface area contributed by atoms with Crippen LogP contribution in [0.2, 0.25) is 5.02 Å². The second kappa shape index (κ2) is 10.8. The van der Waals surface area contributed by atoms with Gasteiger partial charge in [0.25, 0.3) is 0 Å². The lowest BCUT2D eigenvalue weighted by molar-refractivity contribution is -0.135. The van der Waals surface area contributed by atoms with Crippen LogP contribution in [0.5, 0.6) is 0 Å². The number of nitrogens with one attached hydrogen (secondary N) is 3. The number of carbonyl (C=O) groups is 2. The van der Waals surface area contributed by atoms with Crippen molar-refractivity contribution in [3.63, 3.8) is 0 Å². The van der Waals surface area contributed by atoms with E-state index in [0.29, 0.717) is 16.6 Å². The molecule has 0 radical (unpaired) electrons. The smallest absolute Gasteiger partial charge is 0.320 e. The Kier molecular flexibility index (Phi) is 7.66. The van der Waals surface area contributed by atoms with Crippen molar-refractivity contribution in [1.29, 1.82) is 0 Å². The molecule has 1 atom stereocenters. The number of likely N-dealkylation sites (tertiary alicyclic amines) is 1. The normalized spacial score (nSPS) is 18.7. The Hall–Kier alpha value is -2.57. The molecule has 0 unspecified atom stereocenters. The summed E-state index contributed by atoms with van der Waals surface area (Å²) in [6, 6.07) is 15.2. The van der Waals surface area contributed by atoms with Crippen molar-refractivity contribution in [3.8, 4) is 0 Å². The van der Waals surface area contributed by atoms with Crippen LogP contribution in [0.1, 0.15) is 37.3 Å². The Bertz CT molecular complexity index is 892. The molecular weight excluding hydrogens is 424 g/mol. The lowest BCUT2D eigenvalue weighted by Crippen LogP contribution is -2.48. The fourth-order valence-corrected chi connectivity index (χ4v) is 4.98. The van der Waals surface area contributed by atoms with Gasteiger partial charge < -0.3 is 20.9 Å². The zero-order valence-electron chi connectivity index (χ0n) is 18.2. The third kappa shape index (κ3) is 5.81. The molecule has 0 aliphatic carbocycles. The van der Waals surface area contributed by atoms with Crippen molar-refractivity contribution in [2.45, 2.75) is 31.7 Å². The number of halogens is 1. The summed E-state index contributed by atoms with van der Waals surface area (Å²) in [5.74, 6) is 1.41. The molecule has 3 amide bonds. The number of urea groups is 1. The molecule has 3 N–H and O–H groups in total. The first-order chi connectivity index (χ1) is 15.6. The average molecular weight is 455 g/mol. The fraction of sp³-hybridized carbons (Fsp3) is 0.440. The Morgan fingerprint density at radius 1 is 0.906 bits per heavy atom. The van der Waals surface area contributed by atoms with Crippen LogP contribution < -0.4 is 16.0 Å². The summed E-state index contributed by atoms with van der Waals surface area (Å²) in [5, 5.41) is 9.71. The number of carbonyl (C=O) groups excluding carboxylic acids is 2. The molecule has 2 aromatic carbocycles. The molecule has 0 bridgehead atoms. The molecule has 4 rings (SSSR count). The van der Waals surface area contributed by atoms with Crippen LogP contribution in [0.15, 0.2) is 54.6 Å². The third-order valence-electron chi connectivity index (χ3n) is 6.66. The number of piperidine rings is 2. The summed E-state index contributed by atoms with van der Waals surface area (Å²) in [6.07, 6.45) is 4.54. The van der Waals surface area contributed by atoms with Gasteiger partial charge in [-0.3, -0.25) is 4.79 Å². The monoisotopic (exact) mass is 454 g/mol. The average Bonchev–Trinajstić information content (AvgIpc) is 2.85. The summed E-state index contributed by atoms with van der Waals surface area (Å²) in [4.78, 5) is 28.1. The van der Waals surface area contributed by atoms with E-state index < -0.39 is 12.1 Å². The molecule has 2 saturated heterocycles. The van der Waals surface area contributed by atoms with Gasteiger partial charge in [0.2, 0.25) is 5.91 Å². The Morgan fingerprint density at radius 2 is 1.53 bits per heavy atom. The Morgan fingerprint density at radius 3 is 2.19 bits per heavy atom. The molecule has 2 heterocycles. The summed E-state index contributed by atoms with van der Waals surface area (Å²) in [7, 11) is 0. The second-order valence-corrected chi connectivity index (χ2v) is 9.14. The van der Waals surface area contributed by atoms with Crippen LogP contribution in [0.25, 0.3) is 0 Å². The number of benzene rings is 2. The first-order valence-corrected chi connectivity index (χ1v) is 11.9. The molecule has 2 aliphatic rings. The predicted molar refractivity (Wildman–Crippen MR) is 128 cm³/mol. The molecule has 2 aromatic rings. The quantitative estimate of drug-likeness (QED) is 0.625. The van der Waals surface area contributed by atoms with E-state index in [1.807, 2.05) is 35.2 Å². The van der Waals surface area contributed by atoms with E-state index >= 15 is 0 Å². The van der Waals surface area contributed by atoms with Gasteiger partial charge >= 0.3 is 6.03 Å². The highest BCUT2D eigenvalue weighted by Crippen LogP contribution is 2.31. The summed E-state index contributed by atoms with van der Waals surface area (Å²) in [6.45, 7) is 3.70. The van der Waals surface area contributed by atoms with Crippen molar-refractivity contribution < 1.29 is 9.59 Å². The van der Waals surface area contributed by atoms with E-state index in [4.69, 9.17) is 11.6 Å². The molecule has 0 aromatic heterocycles. The largest absolute Gasteiger partial charge is 0.341 e. The van der Waals surface area contributed by atoms with Crippen molar-refractivity contribution in [2.75, 3.05) is 31.5 Å². The highest BCUT2D eigenvalue weighted by atomic mass is 35.5. The molecular formula is C25H31ClN4O2. The van der Waals surface area contributed by atoms with Crippen molar-refractivity contribution in [1.82, 2.24) is 15.5 Å². The van der Waals surface area contributed by atoms with Gasteiger partial charge in [0, 0.05) is 23.8 Å². The van der Waals surface area contributed by atoms with E-state index in [-0.39, 0.29) is 5.91 Å². The summed E-state index contributed by atoms with van der Waals surface area (Å²) < 4.78 is 0. The molecule has 170 valence electrons. The highest BCUT2D eigenvalue weighted by Gasteiger charge is 2.33. The van der Waals surface area contributed by atoms with Crippen LogP contribution in [-0.4, -0.2) is 43.0 Å². The van der Waals surface area contributed by atoms with E-state index in [2.05, 4.69) is 16.0 Å². The predicted octanol–water partition coefficient (Wildman–Crippen LogP) is 4.44. The molecule has 32 heavy (non-hydrogen) atoms. The lowest BCUT2D eigenvalue weighted by atomic mass is 9.79. The number of rotatable bonds is 5. The fourth-order valence-electron chi connectivity index (χ4n) is 4.85. The topological polar surface area (TPSA) is 73.5 Å². The van der Waals surface area contributed by atoms with Gasteiger partial charge in [0.1, 0.15) is 6.04 Å². The van der Waals surface area contributed by atoms with Gasteiger partial charge in [0.05, 0.1) is 0 Å². The van der Waals surface area contributed by atoms with Gasteiger partial charge in [-0.1, -0.05) is 41.9 Å². The molecule has 6 nitrogen and oxygen atoms in total. The standard InChI is InChI=1S/C25H31ClN4O2/c26-21-6-8-22(9-7-21)28-25(32)29-23(20-4-2-1-3-5-20)24(31)30-16-12-19(13-17-30)18-10-14-27-15-11-18/h1-9,18-19,23,27H,10-17H2,(H2,28,29,32)/t23-/m1/s1. The van der Waals surface area contributed by atoms with Crippen LogP contribution >= 0.6 is 11.6 Å². The lowest BCUT2D eigenvalue weighted by Gasteiger charge is -2.39.